The predicted molar refractivity (Wildman–Crippen MR) is 171 cm³/mol. The number of hydroxylamine groups is 1. The molecule has 0 bridgehead atoms. The maximum absolute atomic E-state index is 6.25. The Bertz CT molecular complexity index is 1070. The van der Waals surface area contributed by atoms with Gasteiger partial charge in [-0.1, -0.05) is 85.6 Å². The summed E-state index contributed by atoms with van der Waals surface area (Å²) in [5, 5.41) is 0. The second-order valence-corrected chi connectivity index (χ2v) is 11.6. The van der Waals surface area contributed by atoms with E-state index in [4.69, 9.17) is 19.0 Å². The molecule has 0 heterocycles. The molecule has 0 fully saturated rings. The highest BCUT2D eigenvalue weighted by Gasteiger charge is 2.37. The molecular formula is C36H52N2O4. The maximum atomic E-state index is 6.25. The zero-order valence-corrected chi connectivity index (χ0v) is 26.7. The normalized spacial score (nSPS) is 12.9. The van der Waals surface area contributed by atoms with Crippen molar-refractivity contribution < 1.29 is 19.0 Å². The first-order valence-corrected chi connectivity index (χ1v) is 15.5. The zero-order valence-electron chi connectivity index (χ0n) is 26.7. The number of nitrogens with zero attached hydrogens (tertiary/aromatic N) is 1. The van der Waals surface area contributed by atoms with E-state index in [9.17, 15) is 0 Å². The highest BCUT2D eigenvalue weighted by molar-refractivity contribution is 5.50. The summed E-state index contributed by atoms with van der Waals surface area (Å²) in [7, 11) is 1.69. The molecule has 0 saturated carbocycles. The smallest absolute Gasteiger partial charge is 0.219 e. The molecule has 3 rings (SSSR count). The van der Waals surface area contributed by atoms with E-state index in [1.807, 2.05) is 24.3 Å². The topological polar surface area (TPSA) is 52.2 Å². The van der Waals surface area contributed by atoms with Gasteiger partial charge in [0.2, 0.25) is 6.41 Å². The van der Waals surface area contributed by atoms with Gasteiger partial charge in [0, 0.05) is 12.1 Å². The third kappa shape index (κ3) is 9.38. The van der Waals surface area contributed by atoms with Crippen LogP contribution in [0.1, 0.15) is 83.9 Å². The molecule has 230 valence electrons. The van der Waals surface area contributed by atoms with Crippen molar-refractivity contribution in [2.75, 3.05) is 20.3 Å². The van der Waals surface area contributed by atoms with Crippen molar-refractivity contribution in [3.05, 3.63) is 102 Å². The summed E-state index contributed by atoms with van der Waals surface area (Å²) in [6, 6.07) is 29.8. The number of ether oxygens (including phenoxy) is 3. The van der Waals surface area contributed by atoms with Crippen LogP contribution in [0, 0.1) is 0 Å². The van der Waals surface area contributed by atoms with Gasteiger partial charge in [-0.05, 0) is 83.2 Å². The van der Waals surface area contributed by atoms with Crippen LogP contribution in [0.5, 0.6) is 5.75 Å². The molecule has 0 aliphatic carbocycles. The number of methoxy groups -OCH3 is 1. The van der Waals surface area contributed by atoms with Gasteiger partial charge in [-0.3, -0.25) is 4.90 Å². The molecule has 0 radical (unpaired) electrons. The fraction of sp³-hybridized carbons (Fsp3) is 0.500. The van der Waals surface area contributed by atoms with E-state index in [2.05, 4.69) is 113 Å². The maximum Gasteiger partial charge on any atom is 0.219 e. The second-order valence-electron chi connectivity index (χ2n) is 11.6. The van der Waals surface area contributed by atoms with Crippen molar-refractivity contribution in [1.29, 1.82) is 0 Å². The highest BCUT2D eigenvalue weighted by Crippen LogP contribution is 2.37. The molecule has 3 aromatic carbocycles. The number of rotatable bonds is 19. The first-order chi connectivity index (χ1) is 20.3. The van der Waals surface area contributed by atoms with Gasteiger partial charge >= 0.3 is 0 Å². The van der Waals surface area contributed by atoms with Gasteiger partial charge in [0.15, 0.2) is 0 Å². The van der Waals surface area contributed by atoms with E-state index >= 15 is 0 Å². The van der Waals surface area contributed by atoms with Gasteiger partial charge in [0.1, 0.15) is 11.3 Å². The minimum Gasteiger partial charge on any atom is -0.497 e. The van der Waals surface area contributed by atoms with E-state index in [0.29, 0.717) is 25.3 Å². The largest absolute Gasteiger partial charge is 0.497 e. The Morgan fingerprint density at radius 2 is 1.14 bits per heavy atom. The Hall–Kier alpha value is -2.74. The lowest BCUT2D eigenvalue weighted by Crippen LogP contribution is -2.48. The average Bonchev–Trinajstić information content (AvgIpc) is 2.98. The average molecular weight is 577 g/mol. The molecule has 1 atom stereocenters. The standard InChI is InChI=1S/C36H52N2O4/c1-28(2)38(29(3)4)35(42-30(5)6)40-26-16-8-9-17-27-41-37-36(31-18-12-10-13-19-31,32-20-14-11-15-21-32)33-22-24-34(39-7)25-23-33/h10-15,18-25,28-30,35,37H,8-9,16-17,26-27H2,1-7H3. The van der Waals surface area contributed by atoms with Gasteiger partial charge in [0.05, 0.1) is 26.4 Å². The molecule has 3 aromatic rings. The molecule has 0 aliphatic heterocycles. The molecule has 42 heavy (non-hydrogen) atoms. The number of nitrogens with one attached hydrogen (secondary N) is 1. The van der Waals surface area contributed by atoms with Crippen LogP contribution in [-0.2, 0) is 19.9 Å². The molecule has 0 aromatic heterocycles. The van der Waals surface area contributed by atoms with Crippen LogP contribution in [0.3, 0.4) is 0 Å². The van der Waals surface area contributed by atoms with E-state index in [1.54, 1.807) is 7.11 Å². The van der Waals surface area contributed by atoms with Crippen LogP contribution in [-0.4, -0.2) is 49.8 Å². The molecular weight excluding hydrogens is 524 g/mol. The van der Waals surface area contributed by atoms with E-state index < -0.39 is 5.54 Å². The van der Waals surface area contributed by atoms with Gasteiger partial charge in [-0.15, -0.1) is 0 Å². The minimum absolute atomic E-state index is 0.108. The Morgan fingerprint density at radius 1 is 0.643 bits per heavy atom. The molecule has 0 spiro atoms. The summed E-state index contributed by atoms with van der Waals surface area (Å²) in [6.45, 7) is 14.1. The van der Waals surface area contributed by atoms with Crippen LogP contribution in [0.2, 0.25) is 0 Å². The summed E-state index contributed by atoms with van der Waals surface area (Å²) >= 11 is 0. The molecule has 1 N–H and O–H groups in total. The second kappa shape index (κ2) is 17.4. The fourth-order valence-corrected chi connectivity index (χ4v) is 5.38. The van der Waals surface area contributed by atoms with Gasteiger partial charge in [0.25, 0.3) is 0 Å². The van der Waals surface area contributed by atoms with E-state index in [-0.39, 0.29) is 12.5 Å². The number of benzene rings is 3. The van der Waals surface area contributed by atoms with Crippen molar-refractivity contribution in [3.8, 4) is 5.75 Å². The van der Waals surface area contributed by atoms with Crippen LogP contribution < -0.4 is 10.2 Å². The van der Waals surface area contributed by atoms with Crippen LogP contribution >= 0.6 is 0 Å². The SMILES string of the molecule is COc1ccc(C(NOCCCCCCOC(OC(C)C)N(C(C)C)C(C)C)(c2ccccc2)c2ccccc2)cc1. The summed E-state index contributed by atoms with van der Waals surface area (Å²) in [5.74, 6) is 0.821. The van der Waals surface area contributed by atoms with Crippen molar-refractivity contribution in [2.24, 2.45) is 0 Å². The lowest BCUT2D eigenvalue weighted by Gasteiger charge is -2.38. The van der Waals surface area contributed by atoms with E-state index in [0.717, 1.165) is 48.1 Å². The summed E-state index contributed by atoms with van der Waals surface area (Å²) in [5.41, 5.74) is 6.11. The van der Waals surface area contributed by atoms with Gasteiger partial charge in [-0.2, -0.15) is 5.48 Å². The van der Waals surface area contributed by atoms with Crippen LogP contribution in [0.4, 0.5) is 0 Å². The first kappa shape index (κ1) is 33.8. The van der Waals surface area contributed by atoms with Crippen LogP contribution in [0.25, 0.3) is 0 Å². The van der Waals surface area contributed by atoms with Gasteiger partial charge < -0.3 is 19.0 Å². The quantitative estimate of drug-likeness (QED) is 0.0677. The number of unbranched alkanes of at least 4 members (excludes halogenated alkanes) is 3. The Kier molecular flexibility index (Phi) is 14.0. The summed E-state index contributed by atoms with van der Waals surface area (Å²) in [4.78, 5) is 8.54. The predicted octanol–water partition coefficient (Wildman–Crippen LogP) is 7.91. The number of hydrogen-bond acceptors (Lipinski definition) is 6. The number of hydrogen-bond donors (Lipinski definition) is 1. The van der Waals surface area contributed by atoms with Crippen molar-refractivity contribution >= 4 is 0 Å². The lowest BCUT2D eigenvalue weighted by atomic mass is 9.78. The molecule has 0 amide bonds. The van der Waals surface area contributed by atoms with E-state index in [1.165, 1.54) is 0 Å². The molecule has 0 aliphatic rings. The summed E-state index contributed by atoms with van der Waals surface area (Å²) in [6.07, 6.45) is 3.86. The van der Waals surface area contributed by atoms with Gasteiger partial charge in [-0.25, -0.2) is 0 Å². The Morgan fingerprint density at radius 3 is 1.62 bits per heavy atom. The van der Waals surface area contributed by atoms with Crippen molar-refractivity contribution in [2.45, 2.75) is 97.4 Å². The molecule has 6 nitrogen and oxygen atoms in total. The third-order valence-corrected chi connectivity index (χ3v) is 7.39. The van der Waals surface area contributed by atoms with Crippen LogP contribution in [0.15, 0.2) is 84.9 Å². The Labute approximate surface area is 254 Å². The zero-order chi connectivity index (χ0) is 30.4. The van der Waals surface area contributed by atoms with Crippen molar-refractivity contribution in [1.82, 2.24) is 10.4 Å². The lowest BCUT2D eigenvalue weighted by molar-refractivity contribution is -0.255. The minimum atomic E-state index is -0.674. The fourth-order valence-electron chi connectivity index (χ4n) is 5.38. The Balaban J connectivity index is 1.59. The molecule has 6 heteroatoms. The third-order valence-electron chi connectivity index (χ3n) is 7.39. The monoisotopic (exact) mass is 576 g/mol. The highest BCUT2D eigenvalue weighted by atomic mass is 16.7. The first-order valence-electron chi connectivity index (χ1n) is 15.5. The van der Waals surface area contributed by atoms with Crippen molar-refractivity contribution in [3.63, 3.8) is 0 Å². The molecule has 0 saturated heterocycles. The molecule has 1 unspecified atom stereocenters. The summed E-state index contributed by atoms with van der Waals surface area (Å²) < 4.78 is 17.8.